The van der Waals surface area contributed by atoms with Crippen molar-refractivity contribution in [1.82, 2.24) is 4.90 Å². The van der Waals surface area contributed by atoms with Crippen LogP contribution in [0.25, 0.3) is 0 Å². The minimum atomic E-state index is -2.08. The third-order valence-electron chi connectivity index (χ3n) is 5.93. The molecule has 5 nitrogen and oxygen atoms in total. The minimum Gasteiger partial charge on any atom is -0.463 e. The summed E-state index contributed by atoms with van der Waals surface area (Å²) in [6.45, 7) is 4.41. The number of rotatable bonds is 2. The van der Waals surface area contributed by atoms with Crippen LogP contribution < -0.4 is 0 Å². The number of hydrogen-bond donors (Lipinski definition) is 1. The molecule has 2 aliphatic heterocycles. The Kier molecular flexibility index (Phi) is 3.55. The molecule has 3 aliphatic rings. The molecule has 2 heterocycles. The highest BCUT2D eigenvalue weighted by Crippen LogP contribution is 2.55. The number of aliphatic hydroxyl groups is 1. The van der Waals surface area contributed by atoms with Crippen molar-refractivity contribution in [2.45, 2.75) is 44.2 Å². The molecule has 132 valence electrons. The van der Waals surface area contributed by atoms with Gasteiger partial charge in [0.2, 0.25) is 5.60 Å². The maximum Gasteiger partial charge on any atom is 0.348 e. The Morgan fingerprint density at radius 2 is 2.16 bits per heavy atom. The summed E-state index contributed by atoms with van der Waals surface area (Å²) >= 11 is 0. The largest absolute Gasteiger partial charge is 0.463 e. The first kappa shape index (κ1) is 16.3. The second-order valence-corrected chi connectivity index (χ2v) is 7.37. The van der Waals surface area contributed by atoms with Gasteiger partial charge in [0, 0.05) is 13.0 Å². The number of esters is 1. The predicted molar refractivity (Wildman–Crippen MR) is 91.6 cm³/mol. The highest BCUT2D eigenvalue weighted by atomic mass is 16.5. The van der Waals surface area contributed by atoms with Gasteiger partial charge in [0.15, 0.2) is 0 Å². The molecule has 1 saturated heterocycles. The van der Waals surface area contributed by atoms with Gasteiger partial charge in [-0.15, -0.1) is 0 Å². The second-order valence-electron chi connectivity index (χ2n) is 7.37. The van der Waals surface area contributed by atoms with Gasteiger partial charge < -0.3 is 14.7 Å². The SMILES string of the molecule is CCOC(=O)C1(O)CC2Cc3ccccc3C23C=C(C)CCN3C1=O. The number of amides is 1. The average molecular weight is 341 g/mol. The molecule has 0 saturated carbocycles. The summed E-state index contributed by atoms with van der Waals surface area (Å²) < 4.78 is 5.03. The molecule has 3 atom stereocenters. The quantitative estimate of drug-likeness (QED) is 0.507. The highest BCUT2D eigenvalue weighted by Gasteiger charge is 2.64. The predicted octanol–water partition coefficient (Wildman–Crippen LogP) is 1.93. The molecule has 0 bridgehead atoms. The minimum absolute atomic E-state index is 0.0349. The maximum absolute atomic E-state index is 13.2. The van der Waals surface area contributed by atoms with E-state index < -0.39 is 23.0 Å². The zero-order valence-corrected chi connectivity index (χ0v) is 14.6. The van der Waals surface area contributed by atoms with E-state index in [2.05, 4.69) is 25.1 Å². The Labute approximate surface area is 147 Å². The van der Waals surface area contributed by atoms with Crippen molar-refractivity contribution in [1.29, 1.82) is 0 Å². The highest BCUT2D eigenvalue weighted by molar-refractivity contribution is 6.07. The van der Waals surface area contributed by atoms with Crippen LogP contribution >= 0.6 is 0 Å². The van der Waals surface area contributed by atoms with Crippen molar-refractivity contribution in [2.75, 3.05) is 13.2 Å². The molecule has 1 spiro atoms. The molecule has 0 aromatic heterocycles. The van der Waals surface area contributed by atoms with Crippen molar-refractivity contribution in [3.05, 3.63) is 47.0 Å². The third-order valence-corrected chi connectivity index (χ3v) is 5.93. The number of hydrogen-bond acceptors (Lipinski definition) is 4. The molecule has 25 heavy (non-hydrogen) atoms. The fraction of sp³-hybridized carbons (Fsp3) is 0.500. The lowest BCUT2D eigenvalue weighted by Crippen LogP contribution is -2.68. The van der Waals surface area contributed by atoms with Gasteiger partial charge in [-0.05, 0) is 43.7 Å². The Hall–Kier alpha value is -2.14. The molecule has 4 rings (SSSR count). The van der Waals surface area contributed by atoms with E-state index in [1.807, 2.05) is 12.1 Å². The van der Waals surface area contributed by atoms with Crippen LogP contribution in [0.5, 0.6) is 0 Å². The summed E-state index contributed by atoms with van der Waals surface area (Å²) in [6, 6.07) is 8.13. The lowest BCUT2D eigenvalue weighted by molar-refractivity contribution is -0.191. The molecule has 1 aromatic rings. The van der Waals surface area contributed by atoms with E-state index in [0.29, 0.717) is 6.54 Å². The van der Waals surface area contributed by atoms with Gasteiger partial charge in [-0.3, -0.25) is 4.79 Å². The van der Waals surface area contributed by atoms with Crippen LogP contribution in [0, 0.1) is 5.92 Å². The number of fused-ring (bicyclic) bond motifs is 1. The summed E-state index contributed by atoms with van der Waals surface area (Å²) in [5, 5.41) is 11.0. The number of nitrogens with zero attached hydrogens (tertiary/aromatic N) is 1. The molecule has 1 aromatic carbocycles. The van der Waals surface area contributed by atoms with Crippen LogP contribution in [0.4, 0.5) is 0 Å². The first-order valence-corrected chi connectivity index (χ1v) is 8.92. The van der Waals surface area contributed by atoms with Crippen molar-refractivity contribution >= 4 is 11.9 Å². The standard InChI is InChI=1S/C20H23NO4/c1-3-25-18(23)20(24)12-15-10-14-6-4-5-7-16(14)19(15)11-13(2)8-9-21(19)17(20)22/h4-7,11,15,24H,3,8-10,12H2,1-2H3. The molecule has 1 aliphatic carbocycles. The summed E-state index contributed by atoms with van der Waals surface area (Å²) in [6.07, 6.45) is 3.77. The topological polar surface area (TPSA) is 66.8 Å². The summed E-state index contributed by atoms with van der Waals surface area (Å²) in [5.74, 6) is -1.38. The van der Waals surface area contributed by atoms with Gasteiger partial charge in [-0.1, -0.05) is 35.9 Å². The lowest BCUT2D eigenvalue weighted by Gasteiger charge is -2.53. The number of piperidine rings is 1. The Morgan fingerprint density at radius 1 is 1.40 bits per heavy atom. The summed E-state index contributed by atoms with van der Waals surface area (Å²) in [5.41, 5.74) is 0.926. The van der Waals surface area contributed by atoms with Gasteiger partial charge >= 0.3 is 5.97 Å². The van der Waals surface area contributed by atoms with Crippen molar-refractivity contribution < 1.29 is 19.4 Å². The number of benzene rings is 1. The van der Waals surface area contributed by atoms with Gasteiger partial charge in [0.25, 0.3) is 5.91 Å². The summed E-state index contributed by atoms with van der Waals surface area (Å²) in [4.78, 5) is 27.3. The first-order valence-electron chi connectivity index (χ1n) is 8.92. The number of carbonyl (C=O) groups is 2. The fourth-order valence-corrected chi connectivity index (χ4v) is 4.88. The lowest BCUT2D eigenvalue weighted by atomic mass is 9.68. The fourth-order valence-electron chi connectivity index (χ4n) is 4.88. The molecule has 3 unspecified atom stereocenters. The van der Waals surface area contributed by atoms with E-state index in [1.54, 1.807) is 11.8 Å². The monoisotopic (exact) mass is 341 g/mol. The average Bonchev–Trinajstić information content (AvgIpc) is 2.88. The first-order chi connectivity index (χ1) is 11.9. The molecule has 1 N–H and O–H groups in total. The van der Waals surface area contributed by atoms with E-state index in [1.165, 1.54) is 11.1 Å². The van der Waals surface area contributed by atoms with Crippen LogP contribution in [-0.2, 0) is 26.3 Å². The molecular weight excluding hydrogens is 318 g/mol. The van der Waals surface area contributed by atoms with E-state index in [-0.39, 0.29) is 18.9 Å². The second kappa shape index (κ2) is 5.43. The molecule has 0 radical (unpaired) electrons. The van der Waals surface area contributed by atoms with E-state index >= 15 is 0 Å². The molecule has 1 fully saturated rings. The van der Waals surface area contributed by atoms with E-state index in [4.69, 9.17) is 4.74 Å². The van der Waals surface area contributed by atoms with E-state index in [9.17, 15) is 14.7 Å². The van der Waals surface area contributed by atoms with Crippen LogP contribution in [0.1, 0.15) is 37.8 Å². The van der Waals surface area contributed by atoms with Crippen LogP contribution in [0.15, 0.2) is 35.9 Å². The van der Waals surface area contributed by atoms with Gasteiger partial charge in [-0.2, -0.15) is 0 Å². The van der Waals surface area contributed by atoms with Gasteiger partial charge in [0.05, 0.1) is 12.1 Å². The Morgan fingerprint density at radius 3 is 2.92 bits per heavy atom. The van der Waals surface area contributed by atoms with Crippen LogP contribution in [0.3, 0.4) is 0 Å². The number of ether oxygens (including phenoxy) is 1. The summed E-state index contributed by atoms with van der Waals surface area (Å²) in [7, 11) is 0. The zero-order chi connectivity index (χ0) is 17.8. The molecule has 5 heteroatoms. The van der Waals surface area contributed by atoms with Crippen LogP contribution in [0.2, 0.25) is 0 Å². The Balaban J connectivity index is 1.87. The third kappa shape index (κ3) is 2.05. The van der Waals surface area contributed by atoms with E-state index in [0.717, 1.165) is 18.4 Å². The molecule has 1 amide bonds. The van der Waals surface area contributed by atoms with Crippen molar-refractivity contribution in [3.8, 4) is 0 Å². The smallest absolute Gasteiger partial charge is 0.348 e. The maximum atomic E-state index is 13.2. The van der Waals surface area contributed by atoms with Gasteiger partial charge in [0.1, 0.15) is 0 Å². The molecular formula is C20H23NO4. The normalized spacial score (nSPS) is 33.2. The Bertz CT molecular complexity index is 786. The number of carbonyl (C=O) groups excluding carboxylic acids is 2. The zero-order valence-electron chi connectivity index (χ0n) is 14.6. The van der Waals surface area contributed by atoms with Crippen molar-refractivity contribution in [2.24, 2.45) is 5.92 Å². The van der Waals surface area contributed by atoms with Crippen molar-refractivity contribution in [3.63, 3.8) is 0 Å². The van der Waals surface area contributed by atoms with Gasteiger partial charge in [-0.25, -0.2) is 4.79 Å². The van der Waals surface area contributed by atoms with Crippen LogP contribution in [-0.4, -0.2) is 40.6 Å².